The highest BCUT2D eigenvalue weighted by molar-refractivity contribution is 7.17. The van der Waals surface area contributed by atoms with Crippen molar-refractivity contribution in [1.29, 1.82) is 0 Å². The molecule has 4 heteroatoms. The third-order valence-corrected chi connectivity index (χ3v) is 2.58. The molecule has 0 aliphatic carbocycles. The quantitative estimate of drug-likeness (QED) is 0.627. The first-order valence-electron chi connectivity index (χ1n) is 3.30. The molecule has 0 saturated carbocycles. The summed E-state index contributed by atoms with van der Waals surface area (Å²) in [7, 11) is 0. The molecule has 2 aromatic rings. The second kappa shape index (κ2) is 2.42. The lowest BCUT2D eigenvalue weighted by Gasteiger charge is -1.94. The fourth-order valence-electron chi connectivity index (χ4n) is 1.09. The molecule has 0 radical (unpaired) electrons. The summed E-state index contributed by atoms with van der Waals surface area (Å²) in [4.78, 5) is 0. The van der Waals surface area contributed by atoms with Crippen LogP contribution in [0.15, 0.2) is 17.5 Å². The molecule has 0 spiro atoms. The number of hydrogen-bond acceptors (Lipinski definition) is 2. The lowest BCUT2D eigenvalue weighted by Crippen LogP contribution is -1.86. The Morgan fingerprint density at radius 1 is 1.17 bits per heavy atom. The van der Waals surface area contributed by atoms with E-state index >= 15 is 0 Å². The molecule has 1 nitrogen and oxygen atoms in total. The second-order valence-corrected chi connectivity index (χ2v) is 3.34. The lowest BCUT2D eigenvalue weighted by atomic mass is 10.2. The van der Waals surface area contributed by atoms with Crippen LogP contribution in [-0.4, -0.2) is 0 Å². The molecule has 0 fully saturated rings. The van der Waals surface area contributed by atoms with Gasteiger partial charge in [-0.1, -0.05) is 0 Å². The molecule has 2 N–H and O–H groups in total. The van der Waals surface area contributed by atoms with Crippen LogP contribution in [0.5, 0.6) is 0 Å². The van der Waals surface area contributed by atoms with Gasteiger partial charge in [-0.2, -0.15) is 0 Å². The molecule has 0 saturated heterocycles. The smallest absolute Gasteiger partial charge is 0.143 e. The van der Waals surface area contributed by atoms with Gasteiger partial charge in [-0.25, -0.2) is 8.78 Å². The summed E-state index contributed by atoms with van der Waals surface area (Å²) in [5, 5.41) is 1.53. The van der Waals surface area contributed by atoms with Gasteiger partial charge in [0.1, 0.15) is 11.6 Å². The molecule has 0 amide bonds. The highest BCUT2D eigenvalue weighted by Gasteiger charge is 2.08. The average Bonchev–Trinajstić information content (AvgIpc) is 2.33. The Balaban J connectivity index is 2.92. The predicted octanol–water partition coefficient (Wildman–Crippen LogP) is 2.76. The van der Waals surface area contributed by atoms with E-state index in [-0.39, 0.29) is 11.1 Å². The average molecular weight is 185 g/mol. The van der Waals surface area contributed by atoms with E-state index < -0.39 is 11.6 Å². The monoisotopic (exact) mass is 185 g/mol. The maximum absolute atomic E-state index is 13.0. The van der Waals surface area contributed by atoms with Crippen LogP contribution in [0.3, 0.4) is 0 Å². The summed E-state index contributed by atoms with van der Waals surface area (Å²) in [5.41, 5.74) is 5.60. The van der Waals surface area contributed by atoms with Gasteiger partial charge in [0.15, 0.2) is 0 Å². The zero-order chi connectivity index (χ0) is 8.72. The zero-order valence-electron chi connectivity index (χ0n) is 5.97. The Kier molecular flexibility index (Phi) is 1.51. The van der Waals surface area contributed by atoms with E-state index in [1.54, 1.807) is 0 Å². The van der Waals surface area contributed by atoms with E-state index in [9.17, 15) is 8.78 Å². The van der Waals surface area contributed by atoms with E-state index in [0.29, 0.717) is 4.70 Å². The lowest BCUT2D eigenvalue weighted by molar-refractivity contribution is 0.635. The van der Waals surface area contributed by atoms with Gasteiger partial charge in [-0.3, -0.25) is 0 Å². The molecule has 1 heterocycles. The van der Waals surface area contributed by atoms with Crippen LogP contribution in [0, 0.1) is 11.6 Å². The van der Waals surface area contributed by atoms with Crippen molar-refractivity contribution in [2.75, 3.05) is 5.73 Å². The van der Waals surface area contributed by atoms with Gasteiger partial charge in [-0.15, -0.1) is 11.3 Å². The topological polar surface area (TPSA) is 26.0 Å². The van der Waals surface area contributed by atoms with Crippen LogP contribution >= 0.6 is 11.3 Å². The Morgan fingerprint density at radius 2 is 1.92 bits per heavy atom. The minimum atomic E-state index is -0.459. The van der Waals surface area contributed by atoms with Crippen molar-refractivity contribution >= 4 is 27.1 Å². The van der Waals surface area contributed by atoms with E-state index in [4.69, 9.17) is 5.73 Å². The van der Waals surface area contributed by atoms with Gasteiger partial charge < -0.3 is 5.73 Å². The first-order valence-corrected chi connectivity index (χ1v) is 4.18. The summed E-state index contributed by atoms with van der Waals surface area (Å²) in [5.74, 6) is -0.875. The maximum atomic E-state index is 13.0. The third kappa shape index (κ3) is 0.956. The molecule has 0 aliphatic rings. The number of hydrogen-bond donors (Lipinski definition) is 1. The molecule has 2 rings (SSSR count). The fourth-order valence-corrected chi connectivity index (χ4v) is 1.89. The molecule has 0 bridgehead atoms. The molecular weight excluding hydrogens is 180 g/mol. The van der Waals surface area contributed by atoms with Crippen LogP contribution in [-0.2, 0) is 0 Å². The first-order chi connectivity index (χ1) is 5.68. The van der Waals surface area contributed by atoms with E-state index in [1.807, 2.05) is 0 Å². The van der Waals surface area contributed by atoms with Gasteiger partial charge in [0.05, 0.1) is 4.70 Å². The van der Waals surface area contributed by atoms with Gasteiger partial charge in [0.2, 0.25) is 0 Å². The van der Waals surface area contributed by atoms with Crippen molar-refractivity contribution in [1.82, 2.24) is 0 Å². The highest BCUT2D eigenvalue weighted by Crippen LogP contribution is 2.29. The van der Waals surface area contributed by atoms with Crippen molar-refractivity contribution in [3.8, 4) is 0 Å². The molecule has 0 atom stereocenters. The van der Waals surface area contributed by atoms with Crippen molar-refractivity contribution in [2.45, 2.75) is 0 Å². The standard InChI is InChI=1S/C8H5F2NS/c9-6-2-4(11)1-5-7(10)3-12-8(5)6/h1-3H,11H2. The summed E-state index contributed by atoms with van der Waals surface area (Å²) < 4.78 is 26.2. The fraction of sp³-hybridized carbons (Fsp3) is 0. The SMILES string of the molecule is Nc1cc(F)c2scc(F)c2c1. The Hall–Kier alpha value is -1.16. The van der Waals surface area contributed by atoms with Crippen molar-refractivity contribution in [3.63, 3.8) is 0 Å². The summed E-state index contributed by atoms with van der Waals surface area (Å²) in [6.07, 6.45) is 0. The van der Waals surface area contributed by atoms with Crippen LogP contribution in [0.25, 0.3) is 10.1 Å². The van der Waals surface area contributed by atoms with Crippen molar-refractivity contribution in [2.24, 2.45) is 0 Å². The first kappa shape index (κ1) is 7.49. The molecule has 1 aromatic carbocycles. The van der Waals surface area contributed by atoms with Gasteiger partial charge in [-0.05, 0) is 12.1 Å². The minimum Gasteiger partial charge on any atom is -0.399 e. The second-order valence-electron chi connectivity index (χ2n) is 2.46. The van der Waals surface area contributed by atoms with Crippen LogP contribution in [0.2, 0.25) is 0 Å². The highest BCUT2D eigenvalue weighted by atomic mass is 32.1. The van der Waals surface area contributed by atoms with E-state index in [1.165, 1.54) is 17.5 Å². The summed E-state index contributed by atoms with van der Waals surface area (Å²) in [6, 6.07) is 2.63. The maximum Gasteiger partial charge on any atom is 0.143 e. The van der Waals surface area contributed by atoms with Crippen LogP contribution in [0.4, 0.5) is 14.5 Å². The largest absolute Gasteiger partial charge is 0.399 e. The number of fused-ring (bicyclic) bond motifs is 1. The van der Waals surface area contributed by atoms with Crippen molar-refractivity contribution < 1.29 is 8.78 Å². The Labute approximate surface area is 71.4 Å². The third-order valence-electron chi connectivity index (χ3n) is 1.60. The molecule has 12 heavy (non-hydrogen) atoms. The Morgan fingerprint density at radius 3 is 2.67 bits per heavy atom. The number of anilines is 1. The van der Waals surface area contributed by atoms with Gasteiger partial charge in [0, 0.05) is 16.5 Å². The van der Waals surface area contributed by atoms with E-state index in [0.717, 1.165) is 11.3 Å². The Bertz CT molecular complexity index is 436. The number of thiophene rings is 1. The number of benzene rings is 1. The number of nitrogen functional groups attached to an aromatic ring is 1. The predicted molar refractivity (Wildman–Crippen MR) is 46.2 cm³/mol. The van der Waals surface area contributed by atoms with Crippen LogP contribution < -0.4 is 5.73 Å². The number of rotatable bonds is 0. The summed E-state index contributed by atoms with van der Waals surface area (Å²) >= 11 is 1.04. The molecular formula is C8H5F2NS. The zero-order valence-corrected chi connectivity index (χ0v) is 6.79. The molecule has 0 aliphatic heterocycles. The van der Waals surface area contributed by atoms with Crippen LogP contribution in [0.1, 0.15) is 0 Å². The van der Waals surface area contributed by atoms with Gasteiger partial charge >= 0.3 is 0 Å². The summed E-state index contributed by atoms with van der Waals surface area (Å²) in [6.45, 7) is 0. The molecule has 1 aromatic heterocycles. The van der Waals surface area contributed by atoms with E-state index in [2.05, 4.69) is 0 Å². The minimum absolute atomic E-state index is 0.248. The molecule has 0 unspecified atom stereocenters. The molecule has 62 valence electrons. The van der Waals surface area contributed by atoms with Gasteiger partial charge in [0.25, 0.3) is 0 Å². The number of nitrogens with two attached hydrogens (primary N) is 1. The normalized spacial score (nSPS) is 10.8. The number of halogens is 2. The van der Waals surface area contributed by atoms with Crippen molar-refractivity contribution in [3.05, 3.63) is 29.1 Å².